The first kappa shape index (κ1) is 27.1. The molecule has 4 aliphatic carbocycles. The highest BCUT2D eigenvalue weighted by atomic mass is 16.5. The van der Waals surface area contributed by atoms with E-state index < -0.39 is 23.4 Å². The van der Waals surface area contributed by atoms with Crippen LogP contribution in [-0.4, -0.2) is 31.6 Å². The standard InChI is InChI=1S/C36H39N3O3/c1-3-4-13-42-29-11-9-27(17-30(29)41-2)32-33(34(40)35-18-23-14-24(19-35)16-25(15-23)20-35)39-28-8-6-5-7-26(28)10-12-31(39)36(32,21-37)22-38/h5-12,17,23-25,31-33H,3-4,13-16,18-20H2,1-2H3/t23?,24?,25?,31-,32-,33-,35?/m1/s1. The number of para-hydroxylation sites is 1. The fourth-order valence-corrected chi connectivity index (χ4v) is 9.66. The molecule has 6 heteroatoms. The van der Waals surface area contributed by atoms with Crippen LogP contribution < -0.4 is 14.4 Å². The minimum absolute atomic E-state index is 0.233. The molecule has 4 bridgehead atoms. The summed E-state index contributed by atoms with van der Waals surface area (Å²) in [5.74, 6) is 2.63. The first-order valence-electron chi connectivity index (χ1n) is 15.7. The molecule has 4 saturated carbocycles. The number of unbranched alkanes of at least 4 members (excludes halogenated alkanes) is 1. The van der Waals surface area contributed by atoms with E-state index in [-0.39, 0.29) is 11.2 Å². The van der Waals surface area contributed by atoms with Crippen LogP contribution in [0.4, 0.5) is 5.69 Å². The van der Waals surface area contributed by atoms with Gasteiger partial charge in [0.15, 0.2) is 22.7 Å². The number of fused-ring (bicyclic) bond motifs is 3. The van der Waals surface area contributed by atoms with Gasteiger partial charge in [-0.25, -0.2) is 0 Å². The van der Waals surface area contributed by atoms with E-state index in [9.17, 15) is 10.5 Å². The second-order valence-electron chi connectivity index (χ2n) is 13.5. The van der Waals surface area contributed by atoms with E-state index in [1.807, 2.05) is 54.6 Å². The lowest BCUT2D eigenvalue weighted by atomic mass is 9.47. The number of ketones is 1. The van der Waals surface area contributed by atoms with E-state index in [1.54, 1.807) is 7.11 Å². The third kappa shape index (κ3) is 3.91. The van der Waals surface area contributed by atoms with Crippen LogP contribution in [-0.2, 0) is 4.79 Å². The number of nitrogens with zero attached hydrogens (tertiary/aromatic N) is 3. The molecule has 216 valence electrons. The molecular weight excluding hydrogens is 522 g/mol. The van der Waals surface area contributed by atoms with Crippen molar-refractivity contribution in [2.45, 2.75) is 76.3 Å². The van der Waals surface area contributed by atoms with E-state index in [1.165, 1.54) is 19.3 Å². The van der Waals surface area contributed by atoms with Crippen LogP contribution in [0.5, 0.6) is 11.5 Å². The monoisotopic (exact) mass is 561 g/mol. The smallest absolute Gasteiger partial charge is 0.176 e. The van der Waals surface area contributed by atoms with Crippen molar-refractivity contribution >= 4 is 17.5 Å². The number of anilines is 1. The Kier molecular flexibility index (Phi) is 6.58. The number of carbonyl (C=O) groups is 1. The molecule has 8 rings (SSSR count). The van der Waals surface area contributed by atoms with Gasteiger partial charge in [-0.15, -0.1) is 0 Å². The average molecular weight is 562 g/mol. The van der Waals surface area contributed by atoms with Gasteiger partial charge in [0.25, 0.3) is 0 Å². The molecule has 0 N–H and O–H groups in total. The van der Waals surface area contributed by atoms with Crippen LogP contribution in [0.3, 0.4) is 0 Å². The van der Waals surface area contributed by atoms with Gasteiger partial charge in [-0.3, -0.25) is 4.79 Å². The van der Waals surface area contributed by atoms with Crippen molar-refractivity contribution in [1.82, 2.24) is 0 Å². The first-order chi connectivity index (χ1) is 20.5. The van der Waals surface area contributed by atoms with E-state index in [2.05, 4.69) is 24.0 Å². The third-order valence-corrected chi connectivity index (χ3v) is 11.0. The van der Waals surface area contributed by atoms with E-state index in [0.717, 1.165) is 48.9 Å². The van der Waals surface area contributed by atoms with E-state index >= 15 is 4.79 Å². The minimum Gasteiger partial charge on any atom is -0.493 e. The normalized spacial score (nSPS) is 32.9. The Balaban J connectivity index is 1.39. The summed E-state index contributed by atoms with van der Waals surface area (Å²) in [6, 6.07) is 17.6. The number of benzene rings is 2. The SMILES string of the molecule is CCCCOc1ccc([C@@H]2[C@H](C(=O)C34CC5CC(CC(C5)C3)C4)N3c4ccccc4C=C[C@@H]3C2(C#N)C#N)cc1OC. The maximum Gasteiger partial charge on any atom is 0.176 e. The summed E-state index contributed by atoms with van der Waals surface area (Å²) in [5, 5.41) is 21.8. The number of rotatable bonds is 8. The molecule has 42 heavy (non-hydrogen) atoms. The zero-order valence-corrected chi connectivity index (χ0v) is 24.6. The highest BCUT2D eigenvalue weighted by molar-refractivity contribution is 5.97. The molecule has 6 nitrogen and oxygen atoms in total. The number of hydrogen-bond donors (Lipinski definition) is 0. The zero-order valence-electron chi connectivity index (χ0n) is 24.6. The van der Waals surface area contributed by atoms with Gasteiger partial charge in [0.05, 0.1) is 37.9 Å². The highest BCUT2D eigenvalue weighted by Gasteiger charge is 2.67. The van der Waals surface area contributed by atoms with Crippen molar-refractivity contribution in [2.24, 2.45) is 28.6 Å². The molecule has 3 atom stereocenters. The second-order valence-corrected chi connectivity index (χ2v) is 13.5. The van der Waals surface area contributed by atoms with Gasteiger partial charge in [-0.2, -0.15) is 10.5 Å². The third-order valence-electron chi connectivity index (χ3n) is 11.0. The zero-order chi connectivity index (χ0) is 29.1. The van der Waals surface area contributed by atoms with Crippen LogP contribution in [0.15, 0.2) is 48.5 Å². The summed E-state index contributed by atoms with van der Waals surface area (Å²) in [6.07, 6.45) is 12.5. The number of carbonyl (C=O) groups excluding carboxylic acids is 1. The fourth-order valence-electron chi connectivity index (χ4n) is 9.66. The maximum absolute atomic E-state index is 15.3. The molecule has 0 aromatic heterocycles. The predicted molar refractivity (Wildman–Crippen MR) is 161 cm³/mol. The van der Waals surface area contributed by atoms with Crippen molar-refractivity contribution in [1.29, 1.82) is 10.5 Å². The van der Waals surface area contributed by atoms with Crippen LogP contribution >= 0.6 is 0 Å². The van der Waals surface area contributed by atoms with Crippen molar-refractivity contribution in [3.8, 4) is 23.6 Å². The Morgan fingerprint density at radius 3 is 2.33 bits per heavy atom. The molecule has 2 aromatic carbocycles. The van der Waals surface area contributed by atoms with E-state index in [0.29, 0.717) is 35.9 Å². The van der Waals surface area contributed by atoms with Crippen molar-refractivity contribution < 1.29 is 14.3 Å². The largest absolute Gasteiger partial charge is 0.493 e. The van der Waals surface area contributed by atoms with Crippen LogP contribution in [0.25, 0.3) is 6.08 Å². The molecule has 1 saturated heterocycles. The van der Waals surface area contributed by atoms with Gasteiger partial charge in [0.1, 0.15) is 0 Å². The van der Waals surface area contributed by atoms with Gasteiger partial charge in [-0.05, 0) is 92.0 Å². The number of nitriles is 2. The number of Topliss-reactive ketones (excluding diaryl/α,β-unsaturated/α-hetero) is 1. The molecule has 0 unspecified atom stereocenters. The lowest BCUT2D eigenvalue weighted by molar-refractivity contribution is -0.145. The lowest BCUT2D eigenvalue weighted by Gasteiger charge is -2.57. The van der Waals surface area contributed by atoms with Gasteiger partial charge >= 0.3 is 0 Å². The molecule has 2 aromatic rings. The summed E-state index contributed by atoms with van der Waals surface area (Å²) >= 11 is 0. The Labute approximate surface area is 248 Å². The average Bonchev–Trinajstić information content (AvgIpc) is 3.31. The summed E-state index contributed by atoms with van der Waals surface area (Å²) in [5.41, 5.74) is 0.882. The Hall–Kier alpha value is -3.77. The minimum atomic E-state index is -1.46. The topological polar surface area (TPSA) is 86.4 Å². The van der Waals surface area contributed by atoms with Gasteiger partial charge < -0.3 is 14.4 Å². The molecule has 5 fully saturated rings. The Morgan fingerprint density at radius 2 is 1.69 bits per heavy atom. The first-order valence-corrected chi connectivity index (χ1v) is 15.7. The fraction of sp³-hybridized carbons (Fsp3) is 0.528. The van der Waals surface area contributed by atoms with Crippen LogP contribution in [0.2, 0.25) is 0 Å². The highest BCUT2D eigenvalue weighted by Crippen LogP contribution is 2.64. The second kappa shape index (κ2) is 10.2. The van der Waals surface area contributed by atoms with Crippen molar-refractivity contribution in [3.05, 3.63) is 59.7 Å². The molecule has 0 amide bonds. The summed E-state index contributed by atoms with van der Waals surface area (Å²) in [7, 11) is 1.61. The molecule has 0 radical (unpaired) electrons. The van der Waals surface area contributed by atoms with Crippen LogP contribution in [0, 0.1) is 51.2 Å². The lowest BCUT2D eigenvalue weighted by Crippen LogP contribution is -2.56. The number of ether oxygens (including phenoxy) is 2. The van der Waals surface area contributed by atoms with E-state index in [4.69, 9.17) is 9.47 Å². The van der Waals surface area contributed by atoms with Gasteiger partial charge in [0.2, 0.25) is 0 Å². The van der Waals surface area contributed by atoms with Gasteiger partial charge in [0, 0.05) is 17.0 Å². The number of hydrogen-bond acceptors (Lipinski definition) is 6. The Morgan fingerprint density at radius 1 is 1.00 bits per heavy atom. The van der Waals surface area contributed by atoms with Crippen molar-refractivity contribution in [3.63, 3.8) is 0 Å². The summed E-state index contributed by atoms with van der Waals surface area (Å²) < 4.78 is 11.8. The molecule has 2 aliphatic heterocycles. The number of methoxy groups -OCH3 is 1. The van der Waals surface area contributed by atoms with Crippen LogP contribution in [0.1, 0.15) is 75.3 Å². The summed E-state index contributed by atoms with van der Waals surface area (Å²) in [4.78, 5) is 17.5. The molecule has 0 spiro atoms. The molecular formula is C36H39N3O3. The predicted octanol–water partition coefficient (Wildman–Crippen LogP) is 7.06. The summed E-state index contributed by atoms with van der Waals surface area (Å²) in [6.45, 7) is 2.70. The maximum atomic E-state index is 15.3. The van der Waals surface area contributed by atoms with Crippen molar-refractivity contribution in [2.75, 3.05) is 18.6 Å². The Bertz CT molecular complexity index is 1460. The molecule has 2 heterocycles. The molecule has 6 aliphatic rings. The van der Waals surface area contributed by atoms with Gasteiger partial charge in [-0.1, -0.05) is 49.8 Å². The quantitative estimate of drug-likeness (QED) is 0.321.